The van der Waals surface area contributed by atoms with Crippen LogP contribution in [0.2, 0.25) is 5.02 Å². The van der Waals surface area contributed by atoms with E-state index in [0.29, 0.717) is 16.3 Å². The third-order valence-corrected chi connectivity index (χ3v) is 4.24. The van der Waals surface area contributed by atoms with Crippen molar-refractivity contribution in [2.45, 2.75) is 19.3 Å². The zero-order chi connectivity index (χ0) is 16.9. The number of rotatable bonds is 3. The van der Waals surface area contributed by atoms with Gasteiger partial charge in [0.2, 0.25) is 0 Å². The molecular formula is C18H18ClN3O2. The molecule has 124 valence electrons. The van der Waals surface area contributed by atoms with E-state index in [1.54, 1.807) is 36.4 Å². The van der Waals surface area contributed by atoms with Gasteiger partial charge in [0.05, 0.1) is 0 Å². The number of hydrogen-bond acceptors (Lipinski definition) is 3. The Bertz CT molecular complexity index is 740. The SMILES string of the molecule is O=C(Nc1ccc(Cl)cc1)c1cc(C(=O)N2CCCCC2)ccn1. The molecule has 2 amide bonds. The van der Waals surface area contributed by atoms with Crippen LogP contribution in [0.4, 0.5) is 5.69 Å². The van der Waals surface area contributed by atoms with Crippen molar-refractivity contribution in [3.63, 3.8) is 0 Å². The first-order chi connectivity index (χ1) is 11.6. The number of piperidine rings is 1. The zero-order valence-electron chi connectivity index (χ0n) is 13.2. The molecule has 1 aliphatic rings. The summed E-state index contributed by atoms with van der Waals surface area (Å²) in [6.45, 7) is 1.54. The Hall–Kier alpha value is -2.40. The lowest BCUT2D eigenvalue weighted by atomic mass is 10.1. The molecule has 0 spiro atoms. The van der Waals surface area contributed by atoms with Crippen LogP contribution in [0.5, 0.6) is 0 Å². The van der Waals surface area contributed by atoms with Crippen molar-refractivity contribution in [2.75, 3.05) is 18.4 Å². The summed E-state index contributed by atoms with van der Waals surface area (Å²) in [7, 11) is 0. The van der Waals surface area contributed by atoms with E-state index in [9.17, 15) is 9.59 Å². The van der Waals surface area contributed by atoms with Gasteiger partial charge in [-0.15, -0.1) is 0 Å². The lowest BCUT2D eigenvalue weighted by Gasteiger charge is -2.26. The van der Waals surface area contributed by atoms with E-state index in [1.807, 2.05) is 4.90 Å². The predicted molar refractivity (Wildman–Crippen MR) is 93.4 cm³/mol. The molecular weight excluding hydrogens is 326 g/mol. The molecule has 2 aromatic rings. The summed E-state index contributed by atoms with van der Waals surface area (Å²) in [5.41, 5.74) is 1.33. The summed E-state index contributed by atoms with van der Waals surface area (Å²) in [4.78, 5) is 30.7. The topological polar surface area (TPSA) is 62.3 Å². The van der Waals surface area contributed by atoms with Gasteiger partial charge in [-0.1, -0.05) is 11.6 Å². The maximum absolute atomic E-state index is 12.5. The maximum Gasteiger partial charge on any atom is 0.274 e. The summed E-state index contributed by atoms with van der Waals surface area (Å²) in [5.74, 6) is -0.400. The van der Waals surface area contributed by atoms with Crippen LogP contribution in [0.15, 0.2) is 42.6 Å². The molecule has 0 unspecified atom stereocenters. The van der Waals surface area contributed by atoms with E-state index in [4.69, 9.17) is 11.6 Å². The first-order valence-corrected chi connectivity index (χ1v) is 8.33. The van der Waals surface area contributed by atoms with E-state index >= 15 is 0 Å². The fourth-order valence-electron chi connectivity index (χ4n) is 2.70. The minimum atomic E-state index is -0.356. The number of aromatic nitrogens is 1. The lowest BCUT2D eigenvalue weighted by Crippen LogP contribution is -2.35. The Morgan fingerprint density at radius 1 is 1.04 bits per heavy atom. The van der Waals surface area contributed by atoms with Crippen molar-refractivity contribution in [1.29, 1.82) is 0 Å². The van der Waals surface area contributed by atoms with Crippen LogP contribution in [-0.2, 0) is 0 Å². The predicted octanol–water partition coefficient (Wildman–Crippen LogP) is 3.61. The minimum Gasteiger partial charge on any atom is -0.339 e. The van der Waals surface area contributed by atoms with Crippen molar-refractivity contribution < 1.29 is 9.59 Å². The number of likely N-dealkylation sites (tertiary alicyclic amines) is 1. The Kier molecular flexibility index (Phi) is 5.11. The summed E-state index contributed by atoms with van der Waals surface area (Å²) < 4.78 is 0. The number of amides is 2. The second kappa shape index (κ2) is 7.45. The number of nitrogens with zero attached hydrogens (tertiary/aromatic N) is 2. The minimum absolute atomic E-state index is 0.0438. The first kappa shape index (κ1) is 16.5. The van der Waals surface area contributed by atoms with Crippen molar-refractivity contribution >= 4 is 29.1 Å². The van der Waals surface area contributed by atoms with E-state index in [0.717, 1.165) is 32.4 Å². The van der Waals surface area contributed by atoms with Crippen molar-refractivity contribution in [3.05, 3.63) is 58.9 Å². The number of pyridine rings is 1. The molecule has 0 saturated carbocycles. The third kappa shape index (κ3) is 3.92. The van der Waals surface area contributed by atoms with Gasteiger partial charge in [0.1, 0.15) is 5.69 Å². The van der Waals surface area contributed by atoms with E-state index in [1.165, 1.54) is 6.20 Å². The van der Waals surface area contributed by atoms with E-state index in [2.05, 4.69) is 10.3 Å². The average Bonchev–Trinajstić information content (AvgIpc) is 2.64. The summed E-state index contributed by atoms with van der Waals surface area (Å²) in [6, 6.07) is 10.0. The molecule has 2 heterocycles. The summed E-state index contributed by atoms with van der Waals surface area (Å²) >= 11 is 5.83. The third-order valence-electron chi connectivity index (χ3n) is 3.98. The van der Waals surface area contributed by atoms with Crippen LogP contribution in [0, 0.1) is 0 Å². The van der Waals surface area contributed by atoms with Crippen LogP contribution in [-0.4, -0.2) is 34.8 Å². The van der Waals surface area contributed by atoms with Crippen molar-refractivity contribution in [3.8, 4) is 0 Å². The molecule has 0 bridgehead atoms. The van der Waals surface area contributed by atoms with E-state index < -0.39 is 0 Å². The number of halogens is 1. The van der Waals surface area contributed by atoms with Crippen LogP contribution in [0.1, 0.15) is 40.1 Å². The largest absolute Gasteiger partial charge is 0.339 e. The quantitative estimate of drug-likeness (QED) is 0.926. The first-order valence-electron chi connectivity index (χ1n) is 7.96. The second-order valence-corrected chi connectivity index (χ2v) is 6.18. The van der Waals surface area contributed by atoms with Gasteiger partial charge in [-0.05, 0) is 55.7 Å². The molecule has 1 aliphatic heterocycles. The van der Waals surface area contributed by atoms with Gasteiger partial charge in [0.25, 0.3) is 11.8 Å². The highest BCUT2D eigenvalue weighted by Crippen LogP contribution is 2.16. The number of anilines is 1. The van der Waals surface area contributed by atoms with E-state index in [-0.39, 0.29) is 17.5 Å². The van der Waals surface area contributed by atoms with Gasteiger partial charge in [0, 0.05) is 35.6 Å². The number of hydrogen-bond donors (Lipinski definition) is 1. The lowest BCUT2D eigenvalue weighted by molar-refractivity contribution is 0.0724. The Labute approximate surface area is 145 Å². The van der Waals surface area contributed by atoms with Crippen molar-refractivity contribution in [2.24, 2.45) is 0 Å². The smallest absolute Gasteiger partial charge is 0.274 e. The number of benzene rings is 1. The van der Waals surface area contributed by atoms with Gasteiger partial charge in [-0.3, -0.25) is 14.6 Å². The second-order valence-electron chi connectivity index (χ2n) is 5.74. The summed E-state index contributed by atoms with van der Waals surface area (Å²) in [5, 5.41) is 3.34. The highest BCUT2D eigenvalue weighted by Gasteiger charge is 2.19. The Morgan fingerprint density at radius 3 is 2.46 bits per heavy atom. The maximum atomic E-state index is 12.5. The Morgan fingerprint density at radius 2 is 1.75 bits per heavy atom. The normalized spacial score (nSPS) is 14.3. The molecule has 1 saturated heterocycles. The summed E-state index contributed by atoms with van der Waals surface area (Å²) in [6.07, 6.45) is 4.71. The number of carbonyl (C=O) groups excluding carboxylic acids is 2. The fourth-order valence-corrected chi connectivity index (χ4v) is 2.82. The van der Waals surface area contributed by atoms with Crippen molar-refractivity contribution in [1.82, 2.24) is 9.88 Å². The number of carbonyl (C=O) groups is 2. The molecule has 3 rings (SSSR count). The van der Waals surface area contributed by atoms with Gasteiger partial charge in [-0.25, -0.2) is 0 Å². The van der Waals surface area contributed by atoms with Gasteiger partial charge in [-0.2, -0.15) is 0 Å². The standard InChI is InChI=1S/C18H18ClN3O2/c19-14-4-6-15(7-5-14)21-17(23)16-12-13(8-9-20-16)18(24)22-10-2-1-3-11-22/h4-9,12H,1-3,10-11H2,(H,21,23). The highest BCUT2D eigenvalue weighted by molar-refractivity contribution is 6.30. The molecule has 6 heteroatoms. The molecule has 0 radical (unpaired) electrons. The van der Waals surface area contributed by atoms with Crippen LogP contribution < -0.4 is 5.32 Å². The van der Waals surface area contributed by atoms with Gasteiger partial charge in [0.15, 0.2) is 0 Å². The molecule has 1 fully saturated rings. The molecule has 0 atom stereocenters. The molecule has 1 N–H and O–H groups in total. The molecule has 0 aliphatic carbocycles. The Balaban J connectivity index is 1.73. The average molecular weight is 344 g/mol. The molecule has 24 heavy (non-hydrogen) atoms. The number of nitrogens with one attached hydrogen (secondary N) is 1. The van der Waals surface area contributed by atoms with Gasteiger partial charge >= 0.3 is 0 Å². The fraction of sp³-hybridized carbons (Fsp3) is 0.278. The highest BCUT2D eigenvalue weighted by atomic mass is 35.5. The zero-order valence-corrected chi connectivity index (χ0v) is 13.9. The van der Waals surface area contributed by atoms with Gasteiger partial charge < -0.3 is 10.2 Å². The monoisotopic (exact) mass is 343 g/mol. The molecule has 1 aromatic heterocycles. The van der Waals surface area contributed by atoms with Crippen LogP contribution >= 0.6 is 11.6 Å². The molecule has 1 aromatic carbocycles. The van der Waals surface area contributed by atoms with Crippen LogP contribution in [0.25, 0.3) is 0 Å². The molecule has 5 nitrogen and oxygen atoms in total. The van der Waals surface area contributed by atoms with Crippen LogP contribution in [0.3, 0.4) is 0 Å².